The number of ketones is 1. The van der Waals surface area contributed by atoms with Gasteiger partial charge in [-0.1, -0.05) is 54.6 Å². The summed E-state index contributed by atoms with van der Waals surface area (Å²) in [4.78, 5) is 35.0. The van der Waals surface area contributed by atoms with E-state index in [9.17, 15) is 14.4 Å². The lowest BCUT2D eigenvalue weighted by Crippen LogP contribution is -2.35. The number of carbonyl (C=O) groups is 3. The van der Waals surface area contributed by atoms with Crippen LogP contribution in [0.15, 0.2) is 54.6 Å². The zero-order valence-electron chi connectivity index (χ0n) is 13.0. The summed E-state index contributed by atoms with van der Waals surface area (Å²) in [7, 11) is 0. The molecule has 0 spiro atoms. The van der Waals surface area contributed by atoms with Crippen LogP contribution in [0.2, 0.25) is 0 Å². The average molecular weight is 323 g/mol. The van der Waals surface area contributed by atoms with Gasteiger partial charge in [0.1, 0.15) is 6.04 Å². The molecule has 2 aromatic rings. The first kappa shape index (κ1) is 15.9. The zero-order valence-corrected chi connectivity index (χ0v) is 13.0. The normalized spacial score (nSPS) is 16.5. The molecule has 0 unspecified atom stereocenters. The Bertz CT molecular complexity index is 753. The molecule has 0 aromatic heterocycles. The quantitative estimate of drug-likeness (QED) is 0.677. The van der Waals surface area contributed by atoms with Crippen LogP contribution < -0.4 is 5.32 Å². The summed E-state index contributed by atoms with van der Waals surface area (Å²) >= 11 is 0. The van der Waals surface area contributed by atoms with Crippen LogP contribution in [0.1, 0.15) is 23.2 Å². The van der Waals surface area contributed by atoms with Gasteiger partial charge in [-0.2, -0.15) is 0 Å². The van der Waals surface area contributed by atoms with E-state index < -0.39 is 12.0 Å². The average Bonchev–Trinajstić information content (AvgIpc) is 3.07. The first-order chi connectivity index (χ1) is 11.6. The number of nitrogens with one attached hydrogen (secondary N) is 1. The van der Waals surface area contributed by atoms with E-state index in [1.165, 1.54) is 0 Å². The number of Topliss-reactive ketones (excluding diaryl/α,β-unsaturated/α-hetero) is 1. The lowest BCUT2D eigenvalue weighted by molar-refractivity contribution is -0.145. The third kappa shape index (κ3) is 3.68. The Morgan fingerprint density at radius 2 is 1.67 bits per heavy atom. The van der Waals surface area contributed by atoms with E-state index in [0.717, 1.165) is 11.1 Å². The maximum atomic E-state index is 12.1. The zero-order chi connectivity index (χ0) is 16.9. The molecule has 1 heterocycles. The summed E-state index contributed by atoms with van der Waals surface area (Å²) in [6.07, 6.45) is 0.728. The predicted octanol–water partition coefficient (Wildman–Crippen LogP) is 2.36. The van der Waals surface area contributed by atoms with Crippen molar-refractivity contribution in [1.82, 2.24) is 5.32 Å². The minimum atomic E-state index is -0.634. The Balaban J connectivity index is 1.57. The number of rotatable bonds is 5. The van der Waals surface area contributed by atoms with Crippen LogP contribution in [0.4, 0.5) is 0 Å². The number of carbonyl (C=O) groups excluding carboxylic acids is 3. The van der Waals surface area contributed by atoms with Crippen molar-refractivity contribution >= 4 is 17.7 Å². The molecule has 0 saturated carbocycles. The fraction of sp³-hybridized carbons (Fsp3) is 0.211. The molecular formula is C19H17NO4. The second-order valence-electron chi connectivity index (χ2n) is 5.63. The van der Waals surface area contributed by atoms with Crippen LogP contribution in [-0.4, -0.2) is 30.3 Å². The fourth-order valence-electron chi connectivity index (χ4n) is 2.59. The van der Waals surface area contributed by atoms with Gasteiger partial charge in [0.15, 0.2) is 12.4 Å². The molecule has 122 valence electrons. The maximum absolute atomic E-state index is 12.1. The van der Waals surface area contributed by atoms with Crippen molar-refractivity contribution in [1.29, 1.82) is 0 Å². The number of hydrogen-bond donors (Lipinski definition) is 1. The number of benzene rings is 2. The van der Waals surface area contributed by atoms with Crippen molar-refractivity contribution in [2.75, 3.05) is 6.61 Å². The Hall–Kier alpha value is -2.95. The molecule has 5 nitrogen and oxygen atoms in total. The predicted molar refractivity (Wildman–Crippen MR) is 88.3 cm³/mol. The van der Waals surface area contributed by atoms with Gasteiger partial charge >= 0.3 is 5.97 Å². The van der Waals surface area contributed by atoms with Gasteiger partial charge in [-0.3, -0.25) is 9.59 Å². The van der Waals surface area contributed by atoms with Gasteiger partial charge in [0.05, 0.1) is 0 Å². The second-order valence-corrected chi connectivity index (χ2v) is 5.63. The molecule has 1 atom stereocenters. The van der Waals surface area contributed by atoms with Gasteiger partial charge in [-0.05, 0) is 17.5 Å². The molecule has 3 rings (SSSR count). The summed E-state index contributed by atoms with van der Waals surface area (Å²) in [5.41, 5.74) is 2.57. The topological polar surface area (TPSA) is 72.5 Å². The van der Waals surface area contributed by atoms with E-state index in [2.05, 4.69) is 5.32 Å². The van der Waals surface area contributed by atoms with Crippen LogP contribution in [0, 0.1) is 0 Å². The van der Waals surface area contributed by atoms with E-state index in [0.29, 0.717) is 18.4 Å². The summed E-state index contributed by atoms with van der Waals surface area (Å²) in [6, 6.07) is 16.4. The van der Waals surface area contributed by atoms with Crippen LogP contribution >= 0.6 is 0 Å². The van der Waals surface area contributed by atoms with Crippen LogP contribution in [0.25, 0.3) is 11.1 Å². The Kier molecular flexibility index (Phi) is 4.70. The standard InChI is InChI=1S/C19H17NO4/c21-17(12-24-19(23)16-10-11-18(22)20-16)15-8-6-14(7-9-15)13-4-2-1-3-5-13/h1-9,16H,10-12H2,(H,20,22)/t16-/m1/s1. The molecule has 1 fully saturated rings. The smallest absolute Gasteiger partial charge is 0.329 e. The summed E-state index contributed by atoms with van der Waals surface area (Å²) in [5.74, 6) is -0.998. The highest BCUT2D eigenvalue weighted by Crippen LogP contribution is 2.19. The fourth-order valence-corrected chi connectivity index (χ4v) is 2.59. The molecule has 0 bridgehead atoms. The van der Waals surface area contributed by atoms with Crippen molar-refractivity contribution in [2.45, 2.75) is 18.9 Å². The molecule has 1 N–H and O–H groups in total. The van der Waals surface area contributed by atoms with E-state index in [1.807, 2.05) is 42.5 Å². The first-order valence-electron chi connectivity index (χ1n) is 7.78. The molecule has 1 amide bonds. The van der Waals surface area contributed by atoms with Gasteiger partial charge in [0, 0.05) is 12.0 Å². The third-order valence-electron chi connectivity index (χ3n) is 3.94. The number of hydrogen-bond acceptors (Lipinski definition) is 4. The first-order valence-corrected chi connectivity index (χ1v) is 7.78. The van der Waals surface area contributed by atoms with Crippen molar-refractivity contribution in [3.63, 3.8) is 0 Å². The van der Waals surface area contributed by atoms with Gasteiger partial charge in [-0.25, -0.2) is 4.79 Å². The van der Waals surface area contributed by atoms with Crippen molar-refractivity contribution < 1.29 is 19.1 Å². The van der Waals surface area contributed by atoms with E-state index in [-0.39, 0.29) is 18.3 Å². The van der Waals surface area contributed by atoms with Gasteiger partial charge in [0.25, 0.3) is 0 Å². The monoisotopic (exact) mass is 323 g/mol. The SMILES string of the molecule is O=C1CC[C@H](C(=O)OCC(=O)c2ccc(-c3ccccc3)cc2)N1. The van der Waals surface area contributed by atoms with E-state index in [4.69, 9.17) is 4.74 Å². The van der Waals surface area contributed by atoms with E-state index >= 15 is 0 Å². The molecule has 2 aromatic carbocycles. The van der Waals surface area contributed by atoms with Crippen LogP contribution in [0.3, 0.4) is 0 Å². The van der Waals surface area contributed by atoms with Crippen LogP contribution in [0.5, 0.6) is 0 Å². The molecule has 1 saturated heterocycles. The third-order valence-corrected chi connectivity index (χ3v) is 3.94. The summed E-state index contributed by atoms with van der Waals surface area (Å²) in [5, 5.41) is 2.52. The largest absolute Gasteiger partial charge is 0.456 e. The molecule has 1 aliphatic rings. The van der Waals surface area contributed by atoms with E-state index in [1.54, 1.807) is 12.1 Å². The van der Waals surface area contributed by atoms with Crippen molar-refractivity contribution in [3.8, 4) is 11.1 Å². The highest BCUT2D eigenvalue weighted by molar-refractivity contribution is 5.98. The lowest BCUT2D eigenvalue weighted by atomic mass is 10.0. The molecule has 24 heavy (non-hydrogen) atoms. The second kappa shape index (κ2) is 7.08. The van der Waals surface area contributed by atoms with Gasteiger partial charge < -0.3 is 10.1 Å². The molecule has 0 aliphatic carbocycles. The van der Waals surface area contributed by atoms with Crippen LogP contribution in [-0.2, 0) is 14.3 Å². The molecule has 5 heteroatoms. The number of amides is 1. The molecular weight excluding hydrogens is 306 g/mol. The lowest BCUT2D eigenvalue weighted by Gasteiger charge is -2.10. The summed E-state index contributed by atoms with van der Waals surface area (Å²) < 4.78 is 5.00. The highest BCUT2D eigenvalue weighted by atomic mass is 16.5. The van der Waals surface area contributed by atoms with Gasteiger partial charge in [0.2, 0.25) is 5.91 Å². The highest BCUT2D eigenvalue weighted by Gasteiger charge is 2.28. The maximum Gasteiger partial charge on any atom is 0.329 e. The Morgan fingerprint density at radius 1 is 1.00 bits per heavy atom. The Labute approximate surface area is 139 Å². The Morgan fingerprint density at radius 3 is 2.29 bits per heavy atom. The number of esters is 1. The number of ether oxygens (including phenoxy) is 1. The molecule has 1 aliphatic heterocycles. The van der Waals surface area contributed by atoms with Gasteiger partial charge in [-0.15, -0.1) is 0 Å². The minimum absolute atomic E-state index is 0.167. The minimum Gasteiger partial charge on any atom is -0.456 e. The van der Waals surface area contributed by atoms with Crippen molar-refractivity contribution in [2.24, 2.45) is 0 Å². The summed E-state index contributed by atoms with van der Waals surface area (Å²) in [6.45, 7) is -0.324. The molecule has 0 radical (unpaired) electrons. The van der Waals surface area contributed by atoms with Crippen molar-refractivity contribution in [3.05, 3.63) is 60.2 Å².